The van der Waals surface area contributed by atoms with E-state index in [9.17, 15) is 5.11 Å². The topological polar surface area (TPSA) is 50.7 Å². The number of hydrogen-bond donors (Lipinski definition) is 2. The second-order valence-corrected chi connectivity index (χ2v) is 5.62. The molecule has 1 aliphatic rings. The molecule has 0 saturated heterocycles. The molecule has 0 spiro atoms. The predicted octanol–water partition coefficient (Wildman–Crippen LogP) is 2.34. The van der Waals surface area contributed by atoms with Crippen LogP contribution in [0.3, 0.4) is 0 Å². The Labute approximate surface area is 121 Å². The van der Waals surface area contributed by atoms with E-state index in [1.807, 2.05) is 25.1 Å². The van der Waals surface area contributed by atoms with Gasteiger partial charge in [-0.25, -0.2) is 0 Å². The van der Waals surface area contributed by atoms with Crippen molar-refractivity contribution in [2.75, 3.05) is 20.3 Å². The van der Waals surface area contributed by atoms with Gasteiger partial charge in [0.1, 0.15) is 0 Å². The quantitative estimate of drug-likeness (QED) is 0.767. The molecule has 4 nitrogen and oxygen atoms in total. The van der Waals surface area contributed by atoms with E-state index in [-0.39, 0.29) is 12.1 Å². The minimum atomic E-state index is -0.175. The lowest BCUT2D eigenvalue weighted by molar-refractivity contribution is 0.153. The average molecular weight is 279 g/mol. The predicted molar refractivity (Wildman–Crippen MR) is 79.2 cm³/mol. The number of methoxy groups -OCH3 is 1. The van der Waals surface area contributed by atoms with Crippen molar-refractivity contribution in [3.05, 3.63) is 23.8 Å². The van der Waals surface area contributed by atoms with Crippen molar-refractivity contribution in [2.45, 2.75) is 38.8 Å². The van der Waals surface area contributed by atoms with Crippen LogP contribution >= 0.6 is 0 Å². The molecule has 0 radical (unpaired) electrons. The summed E-state index contributed by atoms with van der Waals surface area (Å²) in [4.78, 5) is 0. The van der Waals surface area contributed by atoms with Crippen LogP contribution in [0.2, 0.25) is 0 Å². The third-order valence-electron chi connectivity index (χ3n) is 4.03. The highest BCUT2D eigenvalue weighted by atomic mass is 16.5. The first-order valence-electron chi connectivity index (χ1n) is 7.28. The Morgan fingerprint density at radius 1 is 1.35 bits per heavy atom. The van der Waals surface area contributed by atoms with E-state index in [1.54, 1.807) is 7.11 Å². The lowest BCUT2D eigenvalue weighted by Gasteiger charge is -2.29. The minimum absolute atomic E-state index is 0.172. The zero-order valence-corrected chi connectivity index (χ0v) is 12.6. The van der Waals surface area contributed by atoms with Gasteiger partial charge in [-0.15, -0.1) is 0 Å². The largest absolute Gasteiger partial charge is 0.493 e. The van der Waals surface area contributed by atoms with Gasteiger partial charge in [0.2, 0.25) is 0 Å². The van der Waals surface area contributed by atoms with Crippen LogP contribution in [0.4, 0.5) is 0 Å². The fourth-order valence-corrected chi connectivity index (χ4v) is 2.45. The van der Waals surface area contributed by atoms with Gasteiger partial charge in [0.25, 0.3) is 0 Å². The molecule has 1 fully saturated rings. The van der Waals surface area contributed by atoms with Gasteiger partial charge in [0, 0.05) is 12.1 Å². The van der Waals surface area contributed by atoms with Crippen LogP contribution < -0.4 is 14.8 Å². The van der Waals surface area contributed by atoms with E-state index >= 15 is 0 Å². The van der Waals surface area contributed by atoms with Crippen molar-refractivity contribution in [1.29, 1.82) is 0 Å². The molecule has 1 aromatic carbocycles. The van der Waals surface area contributed by atoms with E-state index in [2.05, 4.69) is 12.2 Å². The first-order valence-corrected chi connectivity index (χ1v) is 7.28. The van der Waals surface area contributed by atoms with Crippen molar-refractivity contribution in [3.63, 3.8) is 0 Å². The van der Waals surface area contributed by atoms with Crippen LogP contribution in [0, 0.1) is 5.92 Å². The molecule has 2 N–H and O–H groups in total. The highest BCUT2D eigenvalue weighted by Crippen LogP contribution is 2.39. The second-order valence-electron chi connectivity index (χ2n) is 5.62. The lowest BCUT2D eigenvalue weighted by Crippen LogP contribution is -2.47. The molecular weight excluding hydrogens is 254 g/mol. The molecule has 0 heterocycles. The molecule has 4 heteroatoms. The normalized spacial score (nSPS) is 17.6. The summed E-state index contributed by atoms with van der Waals surface area (Å²) in [6.07, 6.45) is 2.41. The summed E-state index contributed by atoms with van der Waals surface area (Å²) in [7, 11) is 1.65. The molecule has 1 aromatic rings. The van der Waals surface area contributed by atoms with Crippen LogP contribution in [0.15, 0.2) is 18.2 Å². The molecule has 2 rings (SSSR count). The Bertz CT molecular complexity index is 445. The summed E-state index contributed by atoms with van der Waals surface area (Å²) in [6, 6.07) is 5.96. The maximum atomic E-state index is 9.58. The zero-order valence-electron chi connectivity index (χ0n) is 12.6. The summed E-state index contributed by atoms with van der Waals surface area (Å²) >= 11 is 0. The Morgan fingerprint density at radius 2 is 2.10 bits per heavy atom. The number of hydrogen-bond acceptors (Lipinski definition) is 4. The number of aliphatic hydroxyl groups excluding tert-OH is 1. The van der Waals surface area contributed by atoms with Crippen molar-refractivity contribution in [3.8, 4) is 11.5 Å². The van der Waals surface area contributed by atoms with Crippen molar-refractivity contribution >= 4 is 0 Å². The first-order chi connectivity index (χ1) is 9.62. The Kier molecular flexibility index (Phi) is 4.89. The zero-order chi connectivity index (χ0) is 14.6. The molecule has 1 unspecified atom stereocenters. The molecule has 1 aliphatic carbocycles. The molecule has 0 bridgehead atoms. The summed E-state index contributed by atoms with van der Waals surface area (Å²) in [6.45, 7) is 5.56. The third kappa shape index (κ3) is 3.44. The monoisotopic (exact) mass is 279 g/mol. The minimum Gasteiger partial charge on any atom is -0.493 e. The fraction of sp³-hybridized carbons (Fsp3) is 0.625. The molecule has 1 atom stereocenters. The standard InChI is InChI=1S/C16H25NO3/c1-4-20-14-8-5-12(9-15(14)19-3)10-17-16(2,11-18)13-6-7-13/h5,8-9,13,17-18H,4,6-7,10-11H2,1-3H3. The van der Waals surface area contributed by atoms with Crippen LogP contribution in [0.1, 0.15) is 32.3 Å². The molecule has 0 aliphatic heterocycles. The number of ether oxygens (including phenoxy) is 2. The van der Waals surface area contributed by atoms with E-state index < -0.39 is 0 Å². The van der Waals surface area contributed by atoms with E-state index in [0.717, 1.165) is 23.6 Å². The Hall–Kier alpha value is -1.26. The van der Waals surface area contributed by atoms with Gasteiger partial charge in [0.15, 0.2) is 11.5 Å². The molecular formula is C16H25NO3. The van der Waals surface area contributed by atoms with E-state index in [4.69, 9.17) is 9.47 Å². The number of aliphatic hydroxyl groups is 1. The van der Waals surface area contributed by atoms with Gasteiger partial charge >= 0.3 is 0 Å². The highest BCUT2D eigenvalue weighted by Gasteiger charge is 2.40. The van der Waals surface area contributed by atoms with Crippen LogP contribution in [0.5, 0.6) is 11.5 Å². The first kappa shape index (κ1) is 15.1. The van der Waals surface area contributed by atoms with Crippen molar-refractivity contribution in [1.82, 2.24) is 5.32 Å². The van der Waals surface area contributed by atoms with Crippen molar-refractivity contribution in [2.24, 2.45) is 5.92 Å². The maximum Gasteiger partial charge on any atom is 0.161 e. The number of benzene rings is 1. The maximum absolute atomic E-state index is 9.58. The van der Waals surface area contributed by atoms with E-state index in [1.165, 1.54) is 12.8 Å². The number of nitrogens with one attached hydrogen (secondary N) is 1. The number of rotatable bonds is 8. The van der Waals surface area contributed by atoms with Gasteiger partial charge in [-0.1, -0.05) is 6.07 Å². The summed E-state index contributed by atoms with van der Waals surface area (Å²) in [5.74, 6) is 2.12. The summed E-state index contributed by atoms with van der Waals surface area (Å²) < 4.78 is 10.9. The fourth-order valence-electron chi connectivity index (χ4n) is 2.45. The van der Waals surface area contributed by atoms with Gasteiger partial charge in [0.05, 0.1) is 20.3 Å². The van der Waals surface area contributed by atoms with Gasteiger partial charge in [-0.05, 0) is 50.3 Å². The van der Waals surface area contributed by atoms with Crippen LogP contribution in [0.25, 0.3) is 0 Å². The smallest absolute Gasteiger partial charge is 0.161 e. The molecule has 0 amide bonds. The van der Waals surface area contributed by atoms with Gasteiger partial charge < -0.3 is 19.9 Å². The van der Waals surface area contributed by atoms with Gasteiger partial charge in [-0.3, -0.25) is 0 Å². The highest BCUT2D eigenvalue weighted by molar-refractivity contribution is 5.43. The van der Waals surface area contributed by atoms with E-state index in [0.29, 0.717) is 12.5 Å². The van der Waals surface area contributed by atoms with Crippen molar-refractivity contribution < 1.29 is 14.6 Å². The van der Waals surface area contributed by atoms with Crippen LogP contribution in [-0.4, -0.2) is 31.0 Å². The molecule has 0 aromatic heterocycles. The second kappa shape index (κ2) is 6.46. The lowest BCUT2D eigenvalue weighted by atomic mass is 9.96. The Balaban J connectivity index is 2.02. The summed E-state index contributed by atoms with van der Waals surface area (Å²) in [5, 5.41) is 13.1. The molecule has 112 valence electrons. The Morgan fingerprint density at radius 3 is 2.65 bits per heavy atom. The SMILES string of the molecule is CCOc1ccc(CNC(C)(CO)C2CC2)cc1OC. The summed E-state index contributed by atoms with van der Waals surface area (Å²) in [5.41, 5.74) is 0.955. The molecule has 20 heavy (non-hydrogen) atoms. The van der Waals surface area contributed by atoms with Crippen LogP contribution in [-0.2, 0) is 6.54 Å². The third-order valence-corrected chi connectivity index (χ3v) is 4.03. The van der Waals surface area contributed by atoms with Gasteiger partial charge in [-0.2, -0.15) is 0 Å². The average Bonchev–Trinajstić information content (AvgIpc) is 3.31. The molecule has 1 saturated carbocycles.